The Morgan fingerprint density at radius 1 is 1.58 bits per heavy atom. The maximum absolute atomic E-state index is 10.7. The Hall–Kier alpha value is -0.860. The van der Waals surface area contributed by atoms with Crippen LogP contribution in [0.5, 0.6) is 0 Å². The van der Waals surface area contributed by atoms with Gasteiger partial charge in [-0.3, -0.25) is 9.35 Å². The van der Waals surface area contributed by atoms with Gasteiger partial charge in [-0.1, -0.05) is 5.92 Å². The van der Waals surface area contributed by atoms with Gasteiger partial charge >= 0.3 is 0 Å². The van der Waals surface area contributed by atoms with E-state index in [9.17, 15) is 13.2 Å². The molecule has 0 aliphatic heterocycles. The molecule has 0 rings (SSSR count). The Balaban J connectivity index is 4.53. The highest BCUT2D eigenvalue weighted by molar-refractivity contribution is 7.85. The van der Waals surface area contributed by atoms with Gasteiger partial charge in [-0.15, -0.1) is 5.92 Å². The van der Waals surface area contributed by atoms with Crippen LogP contribution in [0.4, 0.5) is 0 Å². The smallest absolute Gasteiger partial charge is 0.266 e. The molecule has 0 bridgehead atoms. The Kier molecular flexibility index (Phi) is 3.93. The van der Waals surface area contributed by atoms with Gasteiger partial charge in [-0.05, 0) is 13.8 Å². The lowest BCUT2D eigenvalue weighted by Crippen LogP contribution is -2.20. The fourth-order valence-corrected chi connectivity index (χ4v) is 1.38. The number of ketones is 1. The third-order valence-electron chi connectivity index (χ3n) is 1.19. The van der Waals surface area contributed by atoms with Gasteiger partial charge in [-0.2, -0.15) is 8.42 Å². The van der Waals surface area contributed by atoms with Gasteiger partial charge in [0.2, 0.25) is 0 Å². The molecular weight excluding hydrogens is 180 g/mol. The number of hydrogen-bond donors (Lipinski definition) is 1. The van der Waals surface area contributed by atoms with Crippen LogP contribution < -0.4 is 0 Å². The van der Waals surface area contributed by atoms with E-state index < -0.39 is 21.8 Å². The first kappa shape index (κ1) is 11.1. The molecule has 0 saturated carbocycles. The van der Waals surface area contributed by atoms with Crippen molar-refractivity contribution in [2.45, 2.75) is 13.8 Å². The first-order chi connectivity index (χ1) is 5.37. The zero-order valence-corrected chi connectivity index (χ0v) is 7.68. The lowest BCUT2D eigenvalue weighted by Gasteiger charge is -2.02. The SMILES string of the molecule is CC#CC(CS(=O)(=O)O)C(C)=O. The monoisotopic (exact) mass is 190 g/mol. The second-order valence-corrected chi connectivity index (χ2v) is 3.80. The largest absolute Gasteiger partial charge is 0.299 e. The van der Waals surface area contributed by atoms with Crippen molar-refractivity contribution < 1.29 is 17.8 Å². The van der Waals surface area contributed by atoms with E-state index in [1.807, 2.05) is 0 Å². The summed E-state index contributed by atoms with van der Waals surface area (Å²) >= 11 is 0. The van der Waals surface area contributed by atoms with Crippen LogP contribution in [0.15, 0.2) is 0 Å². The Morgan fingerprint density at radius 2 is 2.08 bits per heavy atom. The van der Waals surface area contributed by atoms with E-state index in [1.165, 1.54) is 13.8 Å². The van der Waals surface area contributed by atoms with Crippen molar-refractivity contribution in [3.8, 4) is 11.8 Å². The summed E-state index contributed by atoms with van der Waals surface area (Å²) in [6.45, 7) is 2.74. The highest BCUT2D eigenvalue weighted by Gasteiger charge is 2.18. The third kappa shape index (κ3) is 4.88. The predicted molar refractivity (Wildman–Crippen MR) is 44.0 cm³/mol. The quantitative estimate of drug-likeness (QED) is 0.506. The van der Waals surface area contributed by atoms with Crippen LogP contribution in [0.1, 0.15) is 13.8 Å². The van der Waals surface area contributed by atoms with Crippen molar-refractivity contribution in [1.29, 1.82) is 0 Å². The zero-order chi connectivity index (χ0) is 9.78. The maximum atomic E-state index is 10.7. The molecule has 4 nitrogen and oxygen atoms in total. The molecule has 0 aromatic carbocycles. The minimum atomic E-state index is -4.11. The Morgan fingerprint density at radius 3 is 2.33 bits per heavy atom. The van der Waals surface area contributed by atoms with Gasteiger partial charge in [0.05, 0.1) is 11.7 Å². The molecule has 0 amide bonds. The molecule has 1 N–H and O–H groups in total. The number of rotatable bonds is 3. The van der Waals surface area contributed by atoms with Crippen molar-refractivity contribution in [1.82, 2.24) is 0 Å². The van der Waals surface area contributed by atoms with Crippen LogP contribution in [0.3, 0.4) is 0 Å². The highest BCUT2D eigenvalue weighted by atomic mass is 32.2. The van der Waals surface area contributed by atoms with Gasteiger partial charge < -0.3 is 0 Å². The topological polar surface area (TPSA) is 71.4 Å². The lowest BCUT2D eigenvalue weighted by atomic mass is 10.1. The molecule has 0 spiro atoms. The molecule has 0 saturated heterocycles. The Labute approximate surface area is 71.7 Å². The van der Waals surface area contributed by atoms with Gasteiger partial charge in [0.1, 0.15) is 5.78 Å². The maximum Gasteiger partial charge on any atom is 0.266 e. The van der Waals surface area contributed by atoms with E-state index in [0.717, 1.165) is 0 Å². The summed E-state index contributed by atoms with van der Waals surface area (Å²) in [4.78, 5) is 10.7. The summed E-state index contributed by atoms with van der Waals surface area (Å²) in [5.41, 5.74) is 0. The molecule has 12 heavy (non-hydrogen) atoms. The van der Waals surface area contributed by atoms with Gasteiger partial charge in [-0.25, -0.2) is 0 Å². The second-order valence-electron chi connectivity index (χ2n) is 2.31. The molecule has 68 valence electrons. The fourth-order valence-electron chi connectivity index (χ4n) is 0.646. The minimum Gasteiger partial charge on any atom is -0.299 e. The van der Waals surface area contributed by atoms with Crippen LogP contribution in [0, 0.1) is 17.8 Å². The van der Waals surface area contributed by atoms with Crippen molar-refractivity contribution in [2.24, 2.45) is 5.92 Å². The van der Waals surface area contributed by atoms with Gasteiger partial charge in [0, 0.05) is 0 Å². The highest BCUT2D eigenvalue weighted by Crippen LogP contribution is 2.00. The van der Waals surface area contributed by atoms with Crippen molar-refractivity contribution in [3.05, 3.63) is 0 Å². The fraction of sp³-hybridized carbons (Fsp3) is 0.571. The van der Waals surface area contributed by atoms with Gasteiger partial charge in [0.15, 0.2) is 0 Å². The zero-order valence-electron chi connectivity index (χ0n) is 6.86. The molecular formula is C7H10O4S. The summed E-state index contributed by atoms with van der Waals surface area (Å²) in [5.74, 6) is 2.93. The van der Waals surface area contributed by atoms with Crippen LogP contribution in [0.25, 0.3) is 0 Å². The van der Waals surface area contributed by atoms with Crippen LogP contribution in [0.2, 0.25) is 0 Å². The summed E-state index contributed by atoms with van der Waals surface area (Å²) in [6, 6.07) is 0. The van der Waals surface area contributed by atoms with Crippen LogP contribution >= 0.6 is 0 Å². The second kappa shape index (κ2) is 4.24. The lowest BCUT2D eigenvalue weighted by molar-refractivity contribution is -0.118. The predicted octanol–water partition coefficient (Wildman–Crippen LogP) is 0.103. The summed E-state index contributed by atoms with van der Waals surface area (Å²) in [7, 11) is -4.11. The number of Topliss-reactive ketones (excluding diaryl/α,β-unsaturated/α-hetero) is 1. The summed E-state index contributed by atoms with van der Waals surface area (Å²) in [6.07, 6.45) is 0. The van der Waals surface area contributed by atoms with E-state index in [1.54, 1.807) is 0 Å². The molecule has 1 atom stereocenters. The van der Waals surface area contributed by atoms with Crippen LogP contribution in [-0.2, 0) is 14.9 Å². The molecule has 5 heteroatoms. The van der Waals surface area contributed by atoms with E-state index in [0.29, 0.717) is 0 Å². The average molecular weight is 190 g/mol. The minimum absolute atomic E-state index is 0.359. The molecule has 0 aliphatic rings. The molecule has 0 fully saturated rings. The molecule has 0 heterocycles. The van der Waals surface area contributed by atoms with Gasteiger partial charge in [0.25, 0.3) is 10.1 Å². The number of carbonyl (C=O) groups is 1. The van der Waals surface area contributed by atoms with Crippen LogP contribution in [-0.4, -0.2) is 24.5 Å². The first-order valence-electron chi connectivity index (χ1n) is 3.24. The average Bonchev–Trinajstić information content (AvgIpc) is 1.83. The normalized spacial score (nSPS) is 12.9. The van der Waals surface area contributed by atoms with E-state index in [-0.39, 0.29) is 5.78 Å². The van der Waals surface area contributed by atoms with E-state index in [4.69, 9.17) is 4.55 Å². The van der Waals surface area contributed by atoms with Crippen molar-refractivity contribution in [2.75, 3.05) is 5.75 Å². The van der Waals surface area contributed by atoms with E-state index >= 15 is 0 Å². The third-order valence-corrected chi connectivity index (χ3v) is 1.94. The molecule has 0 aliphatic carbocycles. The number of hydrogen-bond acceptors (Lipinski definition) is 3. The van der Waals surface area contributed by atoms with Crippen molar-refractivity contribution in [3.63, 3.8) is 0 Å². The summed E-state index contributed by atoms with van der Waals surface area (Å²) < 4.78 is 29.1. The summed E-state index contributed by atoms with van der Waals surface area (Å²) in [5, 5.41) is 0. The molecule has 1 unspecified atom stereocenters. The molecule has 0 aromatic rings. The van der Waals surface area contributed by atoms with Crippen molar-refractivity contribution >= 4 is 15.9 Å². The molecule has 0 aromatic heterocycles. The number of carbonyl (C=O) groups excluding carboxylic acids is 1. The Bertz CT molecular complexity index is 317. The first-order valence-corrected chi connectivity index (χ1v) is 4.85. The standard InChI is InChI=1S/C7H10O4S/c1-3-4-7(6(2)8)5-12(9,10)11/h7H,5H2,1-2H3,(H,9,10,11). The molecule has 0 radical (unpaired) electrons. The van der Waals surface area contributed by atoms with E-state index in [2.05, 4.69) is 11.8 Å².